The number of Topliss-reactive ketones (excluding diaryl/α,β-unsaturated/α-hetero) is 1. The van der Waals surface area contributed by atoms with Crippen LogP contribution in [0.3, 0.4) is 0 Å². The van der Waals surface area contributed by atoms with Crippen molar-refractivity contribution in [2.24, 2.45) is 0 Å². The van der Waals surface area contributed by atoms with Crippen LogP contribution in [0.25, 0.3) is 0 Å². The first-order valence-corrected chi connectivity index (χ1v) is 6.13. The largest absolute Gasteiger partial charge is 0.370 e. The van der Waals surface area contributed by atoms with Crippen molar-refractivity contribution < 1.29 is 13.9 Å². The highest BCUT2D eigenvalue weighted by molar-refractivity contribution is 6.31. The number of halogens is 2. The standard InChI is InChI=1S/C13H14ClFO2/c14-11-5-4-10(15)7-9(11)8-12(16)13-3-1-2-6-17-13/h4-5,7,13H,1-3,6,8H2. The van der Waals surface area contributed by atoms with Gasteiger partial charge in [-0.05, 0) is 43.0 Å². The number of hydrogen-bond acceptors (Lipinski definition) is 2. The molecule has 2 nitrogen and oxygen atoms in total. The summed E-state index contributed by atoms with van der Waals surface area (Å²) in [5.74, 6) is -0.390. The van der Waals surface area contributed by atoms with Gasteiger partial charge in [0.25, 0.3) is 0 Å². The van der Waals surface area contributed by atoms with Gasteiger partial charge in [0.05, 0.1) is 0 Å². The number of ether oxygens (including phenoxy) is 1. The third-order valence-electron chi connectivity index (χ3n) is 2.91. The molecule has 1 atom stereocenters. The van der Waals surface area contributed by atoms with Crippen LogP contribution in [-0.4, -0.2) is 18.5 Å². The molecule has 1 aliphatic heterocycles. The number of hydrogen-bond donors (Lipinski definition) is 0. The average molecular weight is 257 g/mol. The van der Waals surface area contributed by atoms with E-state index in [1.54, 1.807) is 0 Å². The van der Waals surface area contributed by atoms with Crippen molar-refractivity contribution in [2.45, 2.75) is 31.8 Å². The molecule has 1 heterocycles. The molecule has 1 aliphatic rings. The van der Waals surface area contributed by atoms with Crippen LogP contribution in [-0.2, 0) is 16.0 Å². The molecule has 1 aromatic rings. The van der Waals surface area contributed by atoms with Crippen molar-refractivity contribution in [3.63, 3.8) is 0 Å². The molecular weight excluding hydrogens is 243 g/mol. The van der Waals surface area contributed by atoms with Crippen molar-refractivity contribution in [3.05, 3.63) is 34.6 Å². The van der Waals surface area contributed by atoms with Gasteiger partial charge in [0.2, 0.25) is 0 Å². The molecule has 0 amide bonds. The minimum atomic E-state index is -0.373. The first-order valence-electron chi connectivity index (χ1n) is 5.75. The highest BCUT2D eigenvalue weighted by Gasteiger charge is 2.22. The van der Waals surface area contributed by atoms with Gasteiger partial charge in [0.15, 0.2) is 5.78 Å². The first-order chi connectivity index (χ1) is 8.16. The van der Waals surface area contributed by atoms with Gasteiger partial charge in [0.1, 0.15) is 11.9 Å². The maximum atomic E-state index is 13.0. The fraction of sp³-hybridized carbons (Fsp3) is 0.462. The molecule has 1 saturated heterocycles. The minimum Gasteiger partial charge on any atom is -0.370 e. The van der Waals surface area contributed by atoms with Gasteiger partial charge >= 0.3 is 0 Å². The Balaban J connectivity index is 2.04. The lowest BCUT2D eigenvalue weighted by molar-refractivity contribution is -0.132. The van der Waals surface area contributed by atoms with E-state index in [0.29, 0.717) is 17.2 Å². The Morgan fingerprint density at radius 2 is 2.29 bits per heavy atom. The zero-order valence-electron chi connectivity index (χ0n) is 9.42. The number of ketones is 1. The lowest BCUT2D eigenvalue weighted by atomic mass is 10.00. The van der Waals surface area contributed by atoms with E-state index < -0.39 is 0 Å². The molecule has 92 valence electrons. The molecule has 0 aliphatic carbocycles. The van der Waals surface area contributed by atoms with Crippen molar-refractivity contribution in [2.75, 3.05) is 6.61 Å². The third-order valence-corrected chi connectivity index (χ3v) is 3.28. The number of rotatable bonds is 3. The molecule has 1 aromatic carbocycles. The summed E-state index contributed by atoms with van der Waals surface area (Å²) in [6.45, 7) is 0.632. The van der Waals surface area contributed by atoms with Gasteiger partial charge in [-0.25, -0.2) is 4.39 Å². The second-order valence-corrected chi connectivity index (χ2v) is 4.64. The van der Waals surface area contributed by atoms with Crippen LogP contribution in [0.15, 0.2) is 18.2 Å². The van der Waals surface area contributed by atoms with Crippen LogP contribution in [0.5, 0.6) is 0 Å². The SMILES string of the molecule is O=C(Cc1cc(F)ccc1Cl)C1CCCCO1. The molecule has 0 spiro atoms. The van der Waals surface area contributed by atoms with Crippen molar-refractivity contribution >= 4 is 17.4 Å². The monoisotopic (exact) mass is 256 g/mol. The molecular formula is C13H14ClFO2. The van der Waals surface area contributed by atoms with Gasteiger partial charge in [-0.1, -0.05) is 11.6 Å². The molecule has 0 radical (unpaired) electrons. The molecule has 0 N–H and O–H groups in total. The molecule has 4 heteroatoms. The topological polar surface area (TPSA) is 26.3 Å². The highest BCUT2D eigenvalue weighted by Crippen LogP contribution is 2.21. The molecule has 0 bridgehead atoms. The summed E-state index contributed by atoms with van der Waals surface area (Å²) in [5, 5.41) is 0.426. The van der Waals surface area contributed by atoms with Crippen molar-refractivity contribution in [1.82, 2.24) is 0 Å². The summed E-state index contributed by atoms with van der Waals surface area (Å²) in [6.07, 6.45) is 2.56. The van der Waals surface area contributed by atoms with E-state index in [4.69, 9.17) is 16.3 Å². The molecule has 0 aromatic heterocycles. The van der Waals surface area contributed by atoms with Gasteiger partial charge in [-0.3, -0.25) is 4.79 Å². The predicted octanol–water partition coefficient (Wildman–Crippen LogP) is 3.16. The van der Waals surface area contributed by atoms with Crippen LogP contribution in [0.2, 0.25) is 5.02 Å². The van der Waals surface area contributed by atoms with Gasteiger partial charge < -0.3 is 4.74 Å². The Hall–Kier alpha value is -0.930. The van der Waals surface area contributed by atoms with E-state index in [-0.39, 0.29) is 24.1 Å². The maximum absolute atomic E-state index is 13.0. The van der Waals surface area contributed by atoms with Crippen LogP contribution in [0.1, 0.15) is 24.8 Å². The van der Waals surface area contributed by atoms with E-state index in [1.165, 1.54) is 18.2 Å². The Labute approximate surface area is 105 Å². The van der Waals surface area contributed by atoms with Gasteiger partial charge in [-0.15, -0.1) is 0 Å². The lowest BCUT2D eigenvalue weighted by Gasteiger charge is -2.21. The van der Waals surface area contributed by atoms with E-state index in [1.807, 2.05) is 0 Å². The van der Waals surface area contributed by atoms with E-state index >= 15 is 0 Å². The van der Waals surface area contributed by atoms with Gasteiger partial charge in [-0.2, -0.15) is 0 Å². The summed E-state index contributed by atoms with van der Waals surface area (Å²) in [5.41, 5.74) is 0.533. The van der Waals surface area contributed by atoms with Crippen LogP contribution < -0.4 is 0 Å². The number of carbonyl (C=O) groups excluding carboxylic acids is 1. The van der Waals surface area contributed by atoms with Crippen LogP contribution in [0, 0.1) is 5.82 Å². The minimum absolute atomic E-state index is 0.0165. The average Bonchev–Trinajstić information content (AvgIpc) is 2.35. The summed E-state index contributed by atoms with van der Waals surface area (Å²) < 4.78 is 18.4. The molecule has 17 heavy (non-hydrogen) atoms. The molecule has 2 rings (SSSR count). The third kappa shape index (κ3) is 3.27. The van der Waals surface area contributed by atoms with Crippen LogP contribution in [0.4, 0.5) is 4.39 Å². The van der Waals surface area contributed by atoms with E-state index in [2.05, 4.69) is 0 Å². The fourth-order valence-electron chi connectivity index (χ4n) is 1.97. The van der Waals surface area contributed by atoms with Gasteiger partial charge in [0, 0.05) is 18.1 Å². The molecule has 1 unspecified atom stereocenters. The summed E-state index contributed by atoms with van der Waals surface area (Å²) in [4.78, 5) is 11.9. The van der Waals surface area contributed by atoms with E-state index in [0.717, 1.165) is 19.3 Å². The normalized spacial score (nSPS) is 20.2. The first kappa shape index (κ1) is 12.5. The zero-order valence-corrected chi connectivity index (χ0v) is 10.2. The van der Waals surface area contributed by atoms with Crippen LogP contribution >= 0.6 is 11.6 Å². The smallest absolute Gasteiger partial charge is 0.165 e. The zero-order chi connectivity index (χ0) is 12.3. The Kier molecular flexibility index (Phi) is 4.13. The van der Waals surface area contributed by atoms with Crippen molar-refractivity contribution in [1.29, 1.82) is 0 Å². The highest BCUT2D eigenvalue weighted by atomic mass is 35.5. The predicted molar refractivity (Wildman–Crippen MR) is 63.7 cm³/mol. The fourth-order valence-corrected chi connectivity index (χ4v) is 2.16. The summed E-state index contributed by atoms with van der Waals surface area (Å²) in [6, 6.07) is 4.07. The second kappa shape index (κ2) is 5.61. The number of benzene rings is 1. The Bertz CT molecular complexity index is 414. The Morgan fingerprint density at radius 3 is 3.00 bits per heavy atom. The van der Waals surface area contributed by atoms with Crippen molar-refractivity contribution in [3.8, 4) is 0 Å². The number of carbonyl (C=O) groups is 1. The molecule has 1 fully saturated rings. The Morgan fingerprint density at radius 1 is 1.47 bits per heavy atom. The quantitative estimate of drug-likeness (QED) is 0.830. The molecule has 0 saturated carbocycles. The summed E-state index contributed by atoms with van der Waals surface area (Å²) >= 11 is 5.92. The summed E-state index contributed by atoms with van der Waals surface area (Å²) in [7, 11) is 0. The lowest BCUT2D eigenvalue weighted by Crippen LogP contribution is -2.29. The second-order valence-electron chi connectivity index (χ2n) is 4.23. The maximum Gasteiger partial charge on any atom is 0.165 e. The van der Waals surface area contributed by atoms with E-state index in [9.17, 15) is 9.18 Å².